The van der Waals surface area contributed by atoms with Crippen LogP contribution in [0.4, 0.5) is 0 Å². The van der Waals surface area contributed by atoms with E-state index < -0.39 is 23.3 Å². The van der Waals surface area contributed by atoms with Gasteiger partial charge in [0.15, 0.2) is 0 Å². The maximum Gasteiger partial charge on any atom is 0.335 e. The monoisotopic (exact) mass is 483 g/mol. The van der Waals surface area contributed by atoms with Crippen molar-refractivity contribution in [2.24, 2.45) is 4.40 Å². The first-order chi connectivity index (χ1) is 15.7. The number of hydrogen-bond donors (Lipinski definition) is 0. The Morgan fingerprint density at radius 2 is 1.27 bits per heavy atom. The van der Waals surface area contributed by atoms with Gasteiger partial charge in [-0.2, -0.15) is 4.40 Å². The van der Waals surface area contributed by atoms with E-state index in [-0.39, 0.29) is 19.4 Å². The Hall–Kier alpha value is -2.37. The van der Waals surface area contributed by atoms with Crippen molar-refractivity contribution in [1.82, 2.24) is 0 Å². The average Bonchev–Trinajstić information content (AvgIpc) is 2.82. The molecule has 174 valence electrons. The third-order valence-electron chi connectivity index (χ3n) is 4.72. The molecule has 0 fully saturated rings. The maximum atomic E-state index is 13.6. The first-order valence-electron chi connectivity index (χ1n) is 10.7. The van der Waals surface area contributed by atoms with E-state index in [0.717, 1.165) is 22.3 Å². The minimum Gasteiger partial charge on any atom is -0.304 e. The molecule has 0 spiro atoms. The second kappa shape index (κ2) is 11.7. The van der Waals surface area contributed by atoms with Crippen LogP contribution >= 0.6 is 7.60 Å². The molecule has 5 nitrogen and oxygen atoms in total. The molecule has 0 saturated carbocycles. The molecule has 3 rings (SSSR count). The summed E-state index contributed by atoms with van der Waals surface area (Å²) in [5.74, 6) is 0. The van der Waals surface area contributed by atoms with E-state index >= 15 is 0 Å². The quantitative estimate of drug-likeness (QED) is 0.238. The van der Waals surface area contributed by atoms with Gasteiger partial charge >= 0.3 is 7.60 Å². The molecule has 1 atom stereocenters. The summed E-state index contributed by atoms with van der Waals surface area (Å²) in [6.45, 7) is 6.05. The zero-order chi connectivity index (χ0) is 23.7. The fraction of sp³-hybridized carbons (Fsp3) is 0.269. The van der Waals surface area contributed by atoms with Crippen molar-refractivity contribution in [2.45, 2.75) is 44.9 Å². The minimum absolute atomic E-state index is 0.151. The van der Waals surface area contributed by atoms with Crippen molar-refractivity contribution in [2.75, 3.05) is 0 Å². The van der Waals surface area contributed by atoms with Crippen LogP contribution in [0.1, 0.15) is 43.0 Å². The van der Waals surface area contributed by atoms with Crippen LogP contribution in [0, 0.1) is 0 Å². The van der Waals surface area contributed by atoms with Gasteiger partial charge in [0.2, 0.25) is 0 Å². The highest BCUT2D eigenvalue weighted by molar-refractivity contribution is 7.85. The van der Waals surface area contributed by atoms with Gasteiger partial charge in [0.05, 0.1) is 24.1 Å². The summed E-state index contributed by atoms with van der Waals surface area (Å²) in [6.07, 6.45) is 1.75. The smallest absolute Gasteiger partial charge is 0.304 e. The molecule has 33 heavy (non-hydrogen) atoms. The largest absolute Gasteiger partial charge is 0.335 e. The standard InChI is InChI=1S/C26H30NO4PS/c1-26(2,3)33(29)27-18-22-14-16-25(17-15-22)21-32(28,30-19-23-10-6-4-7-11-23)31-20-24-12-8-5-9-13-24/h4-18H,19-21H2,1-3H3/b27-18+. The van der Waals surface area contributed by atoms with E-state index in [0.29, 0.717) is 0 Å². The molecule has 0 bridgehead atoms. The topological polar surface area (TPSA) is 65.0 Å². The predicted octanol–water partition coefficient (Wildman–Crippen LogP) is 6.69. The first-order valence-corrected chi connectivity index (χ1v) is 13.6. The summed E-state index contributed by atoms with van der Waals surface area (Å²) in [4.78, 5) is 0. The Morgan fingerprint density at radius 1 is 0.788 bits per heavy atom. The maximum absolute atomic E-state index is 13.6. The van der Waals surface area contributed by atoms with E-state index in [2.05, 4.69) is 4.40 Å². The van der Waals surface area contributed by atoms with Gasteiger partial charge in [0.1, 0.15) is 11.0 Å². The Labute approximate surface area is 199 Å². The zero-order valence-electron chi connectivity index (χ0n) is 19.2. The van der Waals surface area contributed by atoms with Crippen molar-refractivity contribution >= 4 is 24.8 Å². The summed E-state index contributed by atoms with van der Waals surface area (Å²) in [7, 11) is -4.74. The lowest BCUT2D eigenvalue weighted by atomic mass is 10.2. The molecule has 0 heterocycles. The van der Waals surface area contributed by atoms with Crippen LogP contribution in [-0.2, 0) is 44.0 Å². The molecule has 0 aromatic heterocycles. The molecule has 0 saturated heterocycles. The Morgan fingerprint density at radius 3 is 1.73 bits per heavy atom. The van der Waals surface area contributed by atoms with Crippen molar-refractivity contribution in [3.05, 3.63) is 107 Å². The average molecular weight is 484 g/mol. The van der Waals surface area contributed by atoms with Crippen LogP contribution in [0.3, 0.4) is 0 Å². The molecular weight excluding hydrogens is 453 g/mol. The predicted molar refractivity (Wildman–Crippen MR) is 136 cm³/mol. The fourth-order valence-electron chi connectivity index (χ4n) is 2.82. The van der Waals surface area contributed by atoms with E-state index in [1.54, 1.807) is 6.21 Å². The van der Waals surface area contributed by atoms with Crippen LogP contribution in [0.2, 0.25) is 0 Å². The molecule has 0 N–H and O–H groups in total. The fourth-order valence-corrected chi connectivity index (χ4v) is 4.96. The van der Waals surface area contributed by atoms with Crippen molar-refractivity contribution in [1.29, 1.82) is 0 Å². The van der Waals surface area contributed by atoms with Gasteiger partial charge in [0.25, 0.3) is 0 Å². The number of nitrogens with zero attached hydrogens (tertiary/aromatic N) is 1. The highest BCUT2D eigenvalue weighted by Gasteiger charge is 2.26. The molecule has 1 unspecified atom stereocenters. The lowest BCUT2D eigenvalue weighted by Gasteiger charge is -2.19. The second-order valence-corrected chi connectivity index (χ2v) is 12.6. The molecule has 3 aromatic carbocycles. The van der Waals surface area contributed by atoms with Crippen molar-refractivity contribution in [3.63, 3.8) is 0 Å². The Balaban J connectivity index is 1.71. The molecule has 0 aliphatic carbocycles. The minimum atomic E-state index is -3.42. The van der Waals surface area contributed by atoms with Crippen molar-refractivity contribution < 1.29 is 17.8 Å². The van der Waals surface area contributed by atoms with Gasteiger partial charge in [-0.3, -0.25) is 4.57 Å². The van der Waals surface area contributed by atoms with Crippen LogP contribution in [0.15, 0.2) is 89.3 Å². The highest BCUT2D eigenvalue weighted by atomic mass is 32.2. The highest BCUT2D eigenvalue weighted by Crippen LogP contribution is 2.52. The van der Waals surface area contributed by atoms with Gasteiger partial charge in [-0.25, -0.2) is 4.21 Å². The van der Waals surface area contributed by atoms with E-state index in [4.69, 9.17) is 9.05 Å². The van der Waals surface area contributed by atoms with Crippen LogP contribution in [0.25, 0.3) is 0 Å². The molecular formula is C26H30NO4PS. The van der Waals surface area contributed by atoms with Crippen molar-refractivity contribution in [3.8, 4) is 0 Å². The van der Waals surface area contributed by atoms with E-state index in [9.17, 15) is 8.77 Å². The SMILES string of the molecule is CC(C)(C)S(=O)/N=C/c1ccc(CP(=O)(OCc2ccccc2)OCc2ccccc2)cc1. The summed E-state index contributed by atoms with van der Waals surface area (Å²) in [6, 6.07) is 26.7. The van der Waals surface area contributed by atoms with Gasteiger partial charge < -0.3 is 9.05 Å². The molecule has 7 heteroatoms. The van der Waals surface area contributed by atoms with E-state index in [1.807, 2.05) is 106 Å². The molecule has 0 aliphatic heterocycles. The number of hydrogen-bond acceptors (Lipinski definition) is 4. The third-order valence-corrected chi connectivity index (χ3v) is 7.86. The molecule has 0 aliphatic rings. The van der Waals surface area contributed by atoms with Crippen LogP contribution < -0.4 is 0 Å². The molecule has 0 radical (unpaired) electrons. The molecule has 0 amide bonds. The summed E-state index contributed by atoms with van der Waals surface area (Å²) >= 11 is 0. The third kappa shape index (κ3) is 8.49. The normalized spacial score (nSPS) is 13.3. The van der Waals surface area contributed by atoms with Gasteiger partial charge in [-0.1, -0.05) is 84.9 Å². The lowest BCUT2D eigenvalue weighted by Crippen LogP contribution is -2.19. The first kappa shape index (κ1) is 25.3. The lowest BCUT2D eigenvalue weighted by molar-refractivity contribution is 0.190. The van der Waals surface area contributed by atoms with Gasteiger partial charge in [-0.15, -0.1) is 0 Å². The van der Waals surface area contributed by atoms with Gasteiger partial charge in [-0.05, 0) is 43.0 Å². The summed E-state index contributed by atoms with van der Waals surface area (Å²) < 4.78 is 41.2. The van der Waals surface area contributed by atoms with Gasteiger partial charge in [0, 0.05) is 6.21 Å². The zero-order valence-corrected chi connectivity index (χ0v) is 20.9. The van der Waals surface area contributed by atoms with Crippen LogP contribution in [0.5, 0.6) is 0 Å². The Kier molecular flexibility index (Phi) is 8.93. The second-order valence-electron chi connectivity index (χ2n) is 8.62. The van der Waals surface area contributed by atoms with Crippen LogP contribution in [-0.4, -0.2) is 15.2 Å². The summed E-state index contributed by atoms with van der Waals surface area (Å²) in [5.41, 5.74) is 3.51. The number of benzene rings is 3. The molecule has 3 aromatic rings. The summed E-state index contributed by atoms with van der Waals surface area (Å²) in [5, 5.41) is 0. The van der Waals surface area contributed by atoms with E-state index in [1.165, 1.54) is 0 Å². The number of rotatable bonds is 10. The Bertz CT molecular complexity index is 1060.